The summed E-state index contributed by atoms with van der Waals surface area (Å²) in [4.78, 5) is 44.5. The van der Waals surface area contributed by atoms with Crippen molar-refractivity contribution in [3.63, 3.8) is 0 Å². The number of aromatic nitrogens is 10. The summed E-state index contributed by atoms with van der Waals surface area (Å²) >= 11 is 0. The molecule has 16 aromatic carbocycles. The third-order valence-corrected chi connectivity index (χ3v) is 24.0. The van der Waals surface area contributed by atoms with Crippen LogP contribution in [-0.4, -0.2) is 49.0 Å². The molecule has 8 heterocycles. The summed E-state index contributed by atoms with van der Waals surface area (Å²) in [5.41, 5.74) is 25.7. The standard InChI is InChI=1S/C112H68N10O2/c1-8-31-70(32-9-1)81-49-30-50-82(71-33-10-2-11-34-71)99(81)79-65-92(112(114-67-79)122-93-51-26-22-45-83(93)85-60-62-98-102(103(85)122)88-48-25-29-54-97(88)123-98)110-119-107(76-43-20-7-21-44-76)116-108(120-110)77-57-55-69(56-58-77)78-63-89(72-35-12-3-13-36-72)100(90(64-78)73-37-14-4-15-38-73)80-66-91(109-117-105(74-39-16-5-17-40-74)115-106(118-109)75-41-18-6-19-42-75)111(113-68-80)121-94-52-27-23-47-87(94)101-95(121)61-59-86-84-46-24-28-53-96(84)124-104(86)101/h1-68H. The van der Waals surface area contributed by atoms with Crippen LogP contribution in [0.25, 0.3) is 245 Å². The van der Waals surface area contributed by atoms with E-state index in [9.17, 15) is 0 Å². The molecule has 0 bridgehead atoms. The number of benzene rings is 16. The summed E-state index contributed by atoms with van der Waals surface area (Å²) in [6, 6.07) is 140. The zero-order chi connectivity index (χ0) is 81.7. The first kappa shape index (κ1) is 71.2. The molecule has 0 amide bonds. The monoisotopic (exact) mass is 1580 g/mol. The topological polar surface area (TPSA) is 139 Å². The van der Waals surface area contributed by atoms with Gasteiger partial charge in [0.2, 0.25) is 0 Å². The van der Waals surface area contributed by atoms with Crippen molar-refractivity contribution < 1.29 is 8.83 Å². The number of pyridine rings is 2. The van der Waals surface area contributed by atoms with Crippen LogP contribution in [0.15, 0.2) is 422 Å². The van der Waals surface area contributed by atoms with Crippen LogP contribution in [0.5, 0.6) is 0 Å². The molecule has 0 spiro atoms. The molecule has 0 atom stereocenters. The predicted molar refractivity (Wildman–Crippen MR) is 503 cm³/mol. The summed E-state index contributed by atoms with van der Waals surface area (Å²) in [6.07, 6.45) is 4.05. The Hall–Kier alpha value is -17.0. The van der Waals surface area contributed by atoms with Gasteiger partial charge in [-0.15, -0.1) is 0 Å². The van der Waals surface area contributed by atoms with Crippen LogP contribution < -0.4 is 0 Å². The molecule has 0 aliphatic rings. The maximum Gasteiger partial charge on any atom is 0.167 e. The third kappa shape index (κ3) is 12.1. The lowest BCUT2D eigenvalue weighted by Gasteiger charge is -2.21. The van der Waals surface area contributed by atoms with Crippen molar-refractivity contribution in [2.45, 2.75) is 0 Å². The van der Waals surface area contributed by atoms with Crippen LogP contribution in [0.3, 0.4) is 0 Å². The molecule has 0 aliphatic carbocycles. The van der Waals surface area contributed by atoms with Gasteiger partial charge in [-0.25, -0.2) is 39.9 Å². The van der Waals surface area contributed by atoms with Crippen molar-refractivity contribution in [1.82, 2.24) is 49.0 Å². The Morgan fingerprint density at radius 3 is 1.07 bits per heavy atom. The van der Waals surface area contributed by atoms with Crippen molar-refractivity contribution in [1.29, 1.82) is 0 Å². The maximum absolute atomic E-state index is 6.87. The van der Waals surface area contributed by atoms with E-state index in [0.717, 1.165) is 188 Å². The Kier molecular flexibility index (Phi) is 17.0. The van der Waals surface area contributed by atoms with Crippen LogP contribution in [-0.2, 0) is 0 Å². The van der Waals surface area contributed by atoms with Gasteiger partial charge in [0.15, 0.2) is 34.9 Å². The molecule has 0 saturated carbocycles. The van der Waals surface area contributed by atoms with E-state index in [4.69, 9.17) is 48.7 Å². The molecule has 0 radical (unpaired) electrons. The number of fused-ring (bicyclic) bond motifs is 14. The van der Waals surface area contributed by atoms with E-state index in [1.54, 1.807) is 0 Å². The van der Waals surface area contributed by atoms with Crippen LogP contribution in [0.4, 0.5) is 0 Å². The number of furan rings is 2. The zero-order valence-electron chi connectivity index (χ0n) is 66.5. The van der Waals surface area contributed by atoms with E-state index in [1.165, 1.54) is 0 Å². The largest absolute Gasteiger partial charge is 0.456 e. The lowest BCUT2D eigenvalue weighted by atomic mass is 9.84. The van der Waals surface area contributed by atoms with Crippen LogP contribution in [0, 0.1) is 0 Å². The Balaban J connectivity index is 0.713. The molecule has 0 unspecified atom stereocenters. The summed E-state index contributed by atoms with van der Waals surface area (Å²) in [5.74, 6) is 4.21. The molecule has 12 nitrogen and oxygen atoms in total. The summed E-state index contributed by atoms with van der Waals surface area (Å²) in [6.45, 7) is 0. The van der Waals surface area contributed by atoms with Crippen LogP contribution >= 0.6 is 0 Å². The maximum atomic E-state index is 6.87. The molecule has 8 aromatic heterocycles. The molecule has 124 heavy (non-hydrogen) atoms. The van der Waals surface area contributed by atoms with E-state index < -0.39 is 0 Å². The zero-order valence-corrected chi connectivity index (χ0v) is 66.5. The fraction of sp³-hybridized carbons (Fsp3) is 0. The van der Waals surface area contributed by atoms with Crippen molar-refractivity contribution in [2.24, 2.45) is 0 Å². The molecule has 24 aromatic rings. The van der Waals surface area contributed by atoms with Crippen molar-refractivity contribution >= 4 is 87.5 Å². The second-order valence-corrected chi connectivity index (χ2v) is 31.2. The lowest BCUT2D eigenvalue weighted by Crippen LogP contribution is -2.06. The van der Waals surface area contributed by atoms with Gasteiger partial charge in [-0.1, -0.05) is 328 Å². The molecule has 578 valence electrons. The van der Waals surface area contributed by atoms with E-state index >= 15 is 0 Å². The quantitative estimate of drug-likeness (QED) is 0.0974. The van der Waals surface area contributed by atoms with Gasteiger partial charge in [-0.05, 0) is 140 Å². The van der Waals surface area contributed by atoms with Crippen LogP contribution in [0.1, 0.15) is 0 Å². The SMILES string of the molecule is c1ccc(-c2nc(-c3ccccc3)nc(-c3cc(-c4c(-c5ccccc5)cc(-c5ccc(-c6nc(-c7ccccc7)nc(-c7cc(-c8c(-c9ccccc9)cccc8-c8ccccc8)cnc7-n7c8ccccc8c8ccc9oc%10ccccc%10c9c87)n6)cc5)cc4-c4ccccc4)cnc3-n3c4ccccc4c4c5oc6ccccc6c5ccc43)n2)cc1. The Morgan fingerprint density at radius 1 is 0.194 bits per heavy atom. The smallest absolute Gasteiger partial charge is 0.167 e. The highest BCUT2D eigenvalue weighted by molar-refractivity contribution is 6.26. The first-order chi connectivity index (χ1) is 61.5. The second-order valence-electron chi connectivity index (χ2n) is 31.2. The molecule has 24 rings (SSSR count). The lowest BCUT2D eigenvalue weighted by molar-refractivity contribution is 0.669. The number of para-hydroxylation sites is 4. The molecule has 0 fully saturated rings. The second kappa shape index (κ2) is 29.5. The molecular formula is C112H68N10O2. The minimum absolute atomic E-state index is 0.440. The highest BCUT2D eigenvalue weighted by Gasteiger charge is 2.30. The number of nitrogens with zero attached hydrogens (tertiary/aromatic N) is 10. The van der Waals surface area contributed by atoms with Crippen LogP contribution in [0.2, 0.25) is 0 Å². The summed E-state index contributed by atoms with van der Waals surface area (Å²) in [7, 11) is 0. The van der Waals surface area contributed by atoms with E-state index in [-0.39, 0.29) is 0 Å². The van der Waals surface area contributed by atoms with E-state index in [2.05, 4.69) is 306 Å². The average molecular weight is 1590 g/mol. The molecule has 0 aliphatic heterocycles. The molecule has 12 heteroatoms. The Morgan fingerprint density at radius 2 is 0.565 bits per heavy atom. The molecular weight excluding hydrogens is 1520 g/mol. The summed E-state index contributed by atoms with van der Waals surface area (Å²) in [5, 5.41) is 8.21. The van der Waals surface area contributed by atoms with Gasteiger partial charge in [-0.3, -0.25) is 9.13 Å². The Labute approximate surface area is 711 Å². The van der Waals surface area contributed by atoms with Gasteiger partial charge in [0.1, 0.15) is 34.0 Å². The Bertz CT molecular complexity index is 8150. The molecule has 0 saturated heterocycles. The first-order valence-electron chi connectivity index (χ1n) is 41.5. The van der Waals surface area contributed by atoms with Crippen molar-refractivity contribution in [3.8, 4) is 158 Å². The predicted octanol–water partition coefficient (Wildman–Crippen LogP) is 28.5. The minimum Gasteiger partial charge on any atom is -0.456 e. The van der Waals surface area contributed by atoms with E-state index in [0.29, 0.717) is 57.7 Å². The number of hydrogen-bond acceptors (Lipinski definition) is 10. The van der Waals surface area contributed by atoms with Crippen molar-refractivity contribution in [2.75, 3.05) is 0 Å². The number of rotatable bonds is 15. The van der Waals surface area contributed by atoms with Gasteiger partial charge in [0, 0.05) is 78.1 Å². The first-order valence-corrected chi connectivity index (χ1v) is 41.5. The third-order valence-electron chi connectivity index (χ3n) is 24.0. The van der Waals surface area contributed by atoms with Gasteiger partial charge in [0.05, 0.1) is 44.0 Å². The van der Waals surface area contributed by atoms with Crippen molar-refractivity contribution in [3.05, 3.63) is 413 Å². The minimum atomic E-state index is 0.440. The molecule has 0 N–H and O–H groups in total. The average Bonchev–Trinajstić information content (AvgIpc) is 1.55. The highest BCUT2D eigenvalue weighted by atomic mass is 16.3. The fourth-order valence-electron chi connectivity index (χ4n) is 18.3. The van der Waals surface area contributed by atoms with Gasteiger partial charge in [-0.2, -0.15) is 0 Å². The van der Waals surface area contributed by atoms with Gasteiger partial charge in [0.25, 0.3) is 0 Å². The highest BCUT2D eigenvalue weighted by Crippen LogP contribution is 2.50. The number of hydrogen-bond donors (Lipinski definition) is 0. The van der Waals surface area contributed by atoms with Gasteiger partial charge < -0.3 is 8.83 Å². The fourth-order valence-corrected chi connectivity index (χ4v) is 18.3. The summed E-state index contributed by atoms with van der Waals surface area (Å²) < 4.78 is 18.1. The van der Waals surface area contributed by atoms with Gasteiger partial charge >= 0.3 is 0 Å². The normalized spacial score (nSPS) is 11.7. The van der Waals surface area contributed by atoms with E-state index in [1.807, 2.05) is 116 Å².